The van der Waals surface area contributed by atoms with Crippen LogP contribution in [0, 0.1) is 5.92 Å². The van der Waals surface area contributed by atoms with Gasteiger partial charge in [-0.3, -0.25) is 4.90 Å². The maximum atomic E-state index is 4.44. The fourth-order valence-corrected chi connectivity index (χ4v) is 4.10. The van der Waals surface area contributed by atoms with Crippen LogP contribution >= 0.6 is 0 Å². The summed E-state index contributed by atoms with van der Waals surface area (Å²) in [5, 5.41) is 12.8. The molecular formula is C22H27N5. The van der Waals surface area contributed by atoms with Gasteiger partial charge in [0.15, 0.2) is 5.82 Å². The van der Waals surface area contributed by atoms with Crippen molar-refractivity contribution in [1.82, 2.24) is 25.1 Å². The van der Waals surface area contributed by atoms with Crippen LogP contribution in [-0.4, -0.2) is 31.7 Å². The Bertz CT molecular complexity index is 871. The van der Waals surface area contributed by atoms with Gasteiger partial charge in [0.2, 0.25) is 0 Å². The van der Waals surface area contributed by atoms with Gasteiger partial charge >= 0.3 is 0 Å². The number of hydrogen-bond donors (Lipinski definition) is 0. The molecule has 0 spiro atoms. The van der Waals surface area contributed by atoms with E-state index in [0.717, 1.165) is 38.3 Å². The summed E-state index contributed by atoms with van der Waals surface area (Å²) in [4.78, 5) is 2.54. The standard InChI is InChI=1S/C22H27N5/c1-17(2)21(26-14-13-19-10-6-7-11-20(19)16-26)22-23-24-25-27(22)15-12-18-8-4-3-5-9-18/h3-11,17,21H,12-16H2,1-2H3/t21-/m1/s1. The van der Waals surface area contributed by atoms with Crippen LogP contribution in [0.3, 0.4) is 0 Å². The molecule has 1 aliphatic rings. The summed E-state index contributed by atoms with van der Waals surface area (Å²) < 4.78 is 2.00. The van der Waals surface area contributed by atoms with E-state index in [9.17, 15) is 0 Å². The average Bonchev–Trinajstić information content (AvgIpc) is 3.15. The Morgan fingerprint density at radius 2 is 1.70 bits per heavy atom. The molecule has 4 rings (SSSR count). The van der Waals surface area contributed by atoms with Crippen molar-refractivity contribution in [1.29, 1.82) is 0 Å². The van der Waals surface area contributed by atoms with Crippen LogP contribution in [-0.2, 0) is 25.9 Å². The van der Waals surface area contributed by atoms with Gasteiger partial charge in [-0.15, -0.1) is 5.10 Å². The van der Waals surface area contributed by atoms with E-state index in [1.54, 1.807) is 0 Å². The Morgan fingerprint density at radius 3 is 2.48 bits per heavy atom. The van der Waals surface area contributed by atoms with Crippen LogP contribution in [0.5, 0.6) is 0 Å². The molecule has 3 aromatic rings. The predicted molar refractivity (Wildman–Crippen MR) is 106 cm³/mol. The molecule has 1 atom stereocenters. The topological polar surface area (TPSA) is 46.8 Å². The number of hydrogen-bond acceptors (Lipinski definition) is 4. The lowest BCUT2D eigenvalue weighted by molar-refractivity contribution is 0.128. The second-order valence-corrected chi connectivity index (χ2v) is 7.67. The number of benzene rings is 2. The van der Waals surface area contributed by atoms with E-state index < -0.39 is 0 Å². The third kappa shape index (κ3) is 3.93. The summed E-state index contributed by atoms with van der Waals surface area (Å²) in [7, 11) is 0. The predicted octanol–water partition coefficient (Wildman–Crippen LogP) is 3.67. The second-order valence-electron chi connectivity index (χ2n) is 7.67. The minimum absolute atomic E-state index is 0.226. The lowest BCUT2D eigenvalue weighted by atomic mass is 9.94. The van der Waals surface area contributed by atoms with Crippen molar-refractivity contribution in [3.8, 4) is 0 Å². The third-order valence-electron chi connectivity index (χ3n) is 5.46. The second kappa shape index (κ2) is 8.01. The molecule has 5 nitrogen and oxygen atoms in total. The number of fused-ring (bicyclic) bond motifs is 1. The van der Waals surface area contributed by atoms with Crippen molar-refractivity contribution < 1.29 is 0 Å². The zero-order chi connectivity index (χ0) is 18.6. The van der Waals surface area contributed by atoms with Crippen LogP contribution < -0.4 is 0 Å². The average molecular weight is 361 g/mol. The molecule has 0 saturated heterocycles. The Hall–Kier alpha value is -2.53. The van der Waals surface area contributed by atoms with E-state index in [0.29, 0.717) is 5.92 Å². The highest BCUT2D eigenvalue weighted by molar-refractivity contribution is 5.29. The van der Waals surface area contributed by atoms with Gasteiger partial charge in [-0.25, -0.2) is 4.68 Å². The zero-order valence-electron chi connectivity index (χ0n) is 16.1. The monoisotopic (exact) mass is 361 g/mol. The van der Waals surface area contributed by atoms with Gasteiger partial charge in [-0.05, 0) is 45.9 Å². The minimum Gasteiger partial charge on any atom is -0.288 e. The molecule has 0 saturated carbocycles. The summed E-state index contributed by atoms with van der Waals surface area (Å²) >= 11 is 0. The smallest absolute Gasteiger partial charge is 0.168 e. The first-order valence-electron chi connectivity index (χ1n) is 9.83. The Morgan fingerprint density at radius 1 is 0.963 bits per heavy atom. The molecule has 2 heterocycles. The molecular weight excluding hydrogens is 334 g/mol. The fourth-order valence-electron chi connectivity index (χ4n) is 4.10. The molecule has 27 heavy (non-hydrogen) atoms. The summed E-state index contributed by atoms with van der Waals surface area (Å²) in [5.74, 6) is 1.43. The van der Waals surface area contributed by atoms with Gasteiger partial charge < -0.3 is 0 Å². The maximum absolute atomic E-state index is 4.44. The molecule has 0 fully saturated rings. The van der Waals surface area contributed by atoms with E-state index in [1.165, 1.54) is 16.7 Å². The van der Waals surface area contributed by atoms with Crippen molar-refractivity contribution in [3.63, 3.8) is 0 Å². The Balaban J connectivity index is 1.54. The summed E-state index contributed by atoms with van der Waals surface area (Å²) in [5.41, 5.74) is 4.21. The Labute approximate surface area is 161 Å². The molecule has 5 heteroatoms. The number of nitrogens with zero attached hydrogens (tertiary/aromatic N) is 5. The van der Waals surface area contributed by atoms with E-state index in [2.05, 4.69) is 88.9 Å². The highest BCUT2D eigenvalue weighted by atomic mass is 15.5. The van der Waals surface area contributed by atoms with E-state index in [4.69, 9.17) is 0 Å². The third-order valence-corrected chi connectivity index (χ3v) is 5.46. The lowest BCUT2D eigenvalue weighted by Gasteiger charge is -2.37. The minimum atomic E-state index is 0.226. The molecule has 2 aromatic carbocycles. The number of aryl methyl sites for hydroxylation is 2. The van der Waals surface area contributed by atoms with E-state index >= 15 is 0 Å². The van der Waals surface area contributed by atoms with Crippen molar-refractivity contribution in [2.24, 2.45) is 5.92 Å². The molecule has 140 valence electrons. The molecule has 0 unspecified atom stereocenters. The summed E-state index contributed by atoms with van der Waals surface area (Å²) in [6, 6.07) is 19.5. The molecule has 0 radical (unpaired) electrons. The zero-order valence-corrected chi connectivity index (χ0v) is 16.1. The van der Waals surface area contributed by atoms with Gasteiger partial charge in [0.05, 0.1) is 6.04 Å². The van der Waals surface area contributed by atoms with E-state index in [1.807, 2.05) is 4.68 Å². The molecule has 0 amide bonds. The highest BCUT2D eigenvalue weighted by Crippen LogP contribution is 2.31. The van der Waals surface area contributed by atoms with E-state index in [-0.39, 0.29) is 6.04 Å². The van der Waals surface area contributed by atoms with Crippen LogP contribution in [0.25, 0.3) is 0 Å². The normalized spacial score (nSPS) is 15.7. The first-order valence-corrected chi connectivity index (χ1v) is 9.83. The van der Waals surface area contributed by atoms with Gasteiger partial charge in [0.25, 0.3) is 0 Å². The summed E-state index contributed by atoms with van der Waals surface area (Å²) in [6.07, 6.45) is 2.03. The first kappa shape index (κ1) is 17.9. The highest BCUT2D eigenvalue weighted by Gasteiger charge is 2.31. The number of aromatic nitrogens is 4. The summed E-state index contributed by atoms with van der Waals surface area (Å²) in [6.45, 7) is 7.35. The molecule has 0 bridgehead atoms. The van der Waals surface area contributed by atoms with Gasteiger partial charge in [-0.1, -0.05) is 68.4 Å². The van der Waals surface area contributed by atoms with Crippen LogP contribution in [0.1, 0.15) is 42.4 Å². The van der Waals surface area contributed by atoms with Gasteiger partial charge in [0, 0.05) is 19.6 Å². The lowest BCUT2D eigenvalue weighted by Crippen LogP contribution is -2.38. The molecule has 1 aromatic heterocycles. The van der Waals surface area contributed by atoms with Crippen molar-refractivity contribution in [3.05, 3.63) is 77.1 Å². The molecule has 1 aliphatic heterocycles. The maximum Gasteiger partial charge on any atom is 0.168 e. The number of rotatable bonds is 6. The SMILES string of the molecule is CC(C)[C@H](c1nnnn1CCc1ccccc1)N1CCc2ccccc2C1. The van der Waals surface area contributed by atoms with Gasteiger partial charge in [0.1, 0.15) is 0 Å². The van der Waals surface area contributed by atoms with Crippen molar-refractivity contribution in [2.75, 3.05) is 6.54 Å². The Kier molecular flexibility index (Phi) is 5.30. The molecule has 0 aliphatic carbocycles. The fraction of sp³-hybridized carbons (Fsp3) is 0.409. The first-order chi connectivity index (χ1) is 13.2. The quantitative estimate of drug-likeness (QED) is 0.672. The van der Waals surface area contributed by atoms with Crippen molar-refractivity contribution in [2.45, 2.75) is 45.8 Å². The van der Waals surface area contributed by atoms with Crippen molar-refractivity contribution >= 4 is 0 Å². The number of tetrazole rings is 1. The van der Waals surface area contributed by atoms with Crippen LogP contribution in [0.15, 0.2) is 54.6 Å². The molecule has 0 N–H and O–H groups in total. The van der Waals surface area contributed by atoms with Crippen LogP contribution in [0.4, 0.5) is 0 Å². The van der Waals surface area contributed by atoms with Gasteiger partial charge in [-0.2, -0.15) is 0 Å². The largest absolute Gasteiger partial charge is 0.288 e. The van der Waals surface area contributed by atoms with Crippen LogP contribution in [0.2, 0.25) is 0 Å².